The van der Waals surface area contributed by atoms with Crippen LogP contribution >= 0.6 is 0 Å². The Kier molecular flexibility index (Phi) is 3.89. The zero-order chi connectivity index (χ0) is 12.2. The van der Waals surface area contributed by atoms with Crippen LogP contribution in [0.1, 0.15) is 10.4 Å². The average Bonchev–Trinajstić information content (AvgIpc) is 2.27. The van der Waals surface area contributed by atoms with Gasteiger partial charge in [-0.1, -0.05) is 12.1 Å². The van der Waals surface area contributed by atoms with Crippen LogP contribution in [-0.2, 0) is 0 Å². The van der Waals surface area contributed by atoms with Crippen molar-refractivity contribution in [3.63, 3.8) is 0 Å². The summed E-state index contributed by atoms with van der Waals surface area (Å²) in [6.07, 6.45) is 0. The molecule has 0 saturated heterocycles. The molecule has 1 amide bonds. The van der Waals surface area contributed by atoms with Crippen LogP contribution in [0.2, 0.25) is 0 Å². The van der Waals surface area contributed by atoms with Crippen molar-refractivity contribution in [1.82, 2.24) is 5.32 Å². The van der Waals surface area contributed by atoms with Crippen LogP contribution in [0.15, 0.2) is 24.3 Å². The van der Waals surface area contributed by atoms with Crippen molar-refractivity contribution in [2.45, 2.75) is 5.92 Å². The summed E-state index contributed by atoms with van der Waals surface area (Å²) in [5.41, 5.74) is -0.309. The van der Waals surface area contributed by atoms with E-state index in [2.05, 4.69) is 0 Å². The lowest BCUT2D eigenvalue weighted by molar-refractivity contribution is -0.0462. The topological polar surface area (TPSA) is 49.3 Å². The van der Waals surface area contributed by atoms with Crippen molar-refractivity contribution >= 4 is 5.91 Å². The van der Waals surface area contributed by atoms with Gasteiger partial charge >= 0.3 is 0 Å². The average molecular weight is 233 g/mol. The third-order valence-electron chi connectivity index (χ3n) is 1.86. The van der Waals surface area contributed by atoms with Crippen LogP contribution in [0.4, 0.5) is 13.2 Å². The highest BCUT2D eigenvalue weighted by molar-refractivity contribution is 5.94. The highest BCUT2D eigenvalue weighted by Gasteiger charge is 2.28. The van der Waals surface area contributed by atoms with E-state index in [0.29, 0.717) is 0 Å². The van der Waals surface area contributed by atoms with Crippen molar-refractivity contribution in [2.75, 3.05) is 13.2 Å². The Morgan fingerprint density at radius 1 is 1.38 bits per heavy atom. The number of rotatable bonds is 4. The second-order valence-corrected chi connectivity index (χ2v) is 3.18. The van der Waals surface area contributed by atoms with Crippen molar-refractivity contribution in [3.8, 4) is 0 Å². The van der Waals surface area contributed by atoms with E-state index in [1.54, 1.807) is 0 Å². The molecule has 0 bridgehead atoms. The fourth-order valence-electron chi connectivity index (χ4n) is 1.01. The van der Waals surface area contributed by atoms with Crippen molar-refractivity contribution < 1.29 is 23.1 Å². The summed E-state index contributed by atoms with van der Waals surface area (Å²) in [5.74, 6) is -5.13. The van der Waals surface area contributed by atoms with E-state index in [1.807, 2.05) is 5.32 Å². The summed E-state index contributed by atoms with van der Waals surface area (Å²) < 4.78 is 38.2. The summed E-state index contributed by atoms with van der Waals surface area (Å²) in [7, 11) is 0. The number of alkyl halides is 2. The summed E-state index contributed by atoms with van der Waals surface area (Å²) >= 11 is 0. The molecule has 0 aliphatic carbocycles. The van der Waals surface area contributed by atoms with Gasteiger partial charge in [0.15, 0.2) is 0 Å². The van der Waals surface area contributed by atoms with Crippen molar-refractivity contribution in [1.29, 1.82) is 0 Å². The Bertz CT molecular complexity index is 382. The number of amides is 1. The van der Waals surface area contributed by atoms with Crippen molar-refractivity contribution in [3.05, 3.63) is 35.6 Å². The van der Waals surface area contributed by atoms with Gasteiger partial charge in [0, 0.05) is 0 Å². The monoisotopic (exact) mass is 233 g/mol. The normalized spacial score (nSPS) is 11.2. The molecule has 0 aliphatic heterocycles. The van der Waals surface area contributed by atoms with Gasteiger partial charge in [0.1, 0.15) is 12.4 Å². The lowest BCUT2D eigenvalue weighted by Gasteiger charge is -2.13. The maximum absolute atomic E-state index is 13.0. The van der Waals surface area contributed by atoms with Crippen LogP contribution in [0.5, 0.6) is 0 Å². The van der Waals surface area contributed by atoms with Crippen LogP contribution in [-0.4, -0.2) is 30.1 Å². The molecule has 0 spiro atoms. The summed E-state index contributed by atoms with van der Waals surface area (Å²) in [5, 5.41) is 10.1. The minimum absolute atomic E-state index is 0.309. The van der Waals surface area contributed by atoms with Crippen LogP contribution in [0.25, 0.3) is 0 Å². The van der Waals surface area contributed by atoms with Gasteiger partial charge in [0.25, 0.3) is 11.8 Å². The van der Waals surface area contributed by atoms with Gasteiger partial charge in [-0.15, -0.1) is 0 Å². The predicted octanol–water partition coefficient (Wildman–Crippen LogP) is 1.18. The highest BCUT2D eigenvalue weighted by Crippen LogP contribution is 2.11. The lowest BCUT2D eigenvalue weighted by Crippen LogP contribution is -2.39. The Morgan fingerprint density at radius 3 is 2.56 bits per heavy atom. The van der Waals surface area contributed by atoms with Gasteiger partial charge in [0.05, 0.1) is 12.1 Å². The van der Waals surface area contributed by atoms with Gasteiger partial charge in [-0.2, -0.15) is 0 Å². The third-order valence-corrected chi connectivity index (χ3v) is 1.86. The Balaban J connectivity index is 2.64. The van der Waals surface area contributed by atoms with Crippen LogP contribution < -0.4 is 5.32 Å². The molecule has 1 aromatic rings. The van der Waals surface area contributed by atoms with Gasteiger partial charge in [-0.3, -0.25) is 4.79 Å². The fourth-order valence-corrected chi connectivity index (χ4v) is 1.01. The summed E-state index contributed by atoms with van der Waals surface area (Å²) in [6.45, 7) is -2.40. The first-order valence-corrected chi connectivity index (χ1v) is 4.48. The minimum Gasteiger partial charge on any atom is -0.390 e. The van der Waals surface area contributed by atoms with Gasteiger partial charge in [-0.25, -0.2) is 13.2 Å². The second-order valence-electron chi connectivity index (χ2n) is 3.18. The molecule has 1 aromatic carbocycles. The fraction of sp³-hybridized carbons (Fsp3) is 0.300. The molecule has 0 fully saturated rings. The van der Waals surface area contributed by atoms with E-state index in [-0.39, 0.29) is 5.56 Å². The number of halogens is 3. The molecule has 1 rings (SSSR count). The third kappa shape index (κ3) is 3.23. The van der Waals surface area contributed by atoms with Crippen molar-refractivity contribution in [2.24, 2.45) is 0 Å². The van der Waals surface area contributed by atoms with Gasteiger partial charge < -0.3 is 10.4 Å². The largest absolute Gasteiger partial charge is 0.390 e. The number of carbonyl (C=O) groups excluding carboxylic acids is 1. The van der Waals surface area contributed by atoms with E-state index < -0.39 is 30.8 Å². The van der Waals surface area contributed by atoms with E-state index in [9.17, 15) is 18.0 Å². The highest BCUT2D eigenvalue weighted by atomic mass is 19.3. The molecule has 0 aliphatic rings. The molecule has 88 valence electrons. The van der Waals surface area contributed by atoms with E-state index in [0.717, 1.165) is 6.07 Å². The first-order chi connectivity index (χ1) is 7.46. The van der Waals surface area contributed by atoms with Crippen LogP contribution in [0, 0.1) is 5.82 Å². The molecule has 0 atom stereocenters. The SMILES string of the molecule is O=C(NCC(F)(F)CO)c1ccccc1F. The first kappa shape index (κ1) is 12.5. The predicted molar refractivity (Wildman–Crippen MR) is 50.8 cm³/mol. The Morgan fingerprint density at radius 2 is 2.00 bits per heavy atom. The number of benzene rings is 1. The number of carbonyl (C=O) groups is 1. The molecular weight excluding hydrogens is 223 g/mol. The molecule has 0 heterocycles. The van der Waals surface area contributed by atoms with Crippen LogP contribution in [0.3, 0.4) is 0 Å². The molecular formula is C10H10F3NO2. The Labute approximate surface area is 89.9 Å². The molecule has 0 unspecified atom stereocenters. The smallest absolute Gasteiger partial charge is 0.287 e. The molecule has 3 nitrogen and oxygen atoms in total. The maximum Gasteiger partial charge on any atom is 0.287 e. The molecule has 2 N–H and O–H groups in total. The lowest BCUT2D eigenvalue weighted by atomic mass is 10.2. The molecule has 0 radical (unpaired) electrons. The van der Waals surface area contributed by atoms with E-state index in [4.69, 9.17) is 5.11 Å². The number of hydrogen-bond donors (Lipinski definition) is 2. The van der Waals surface area contributed by atoms with E-state index >= 15 is 0 Å². The quantitative estimate of drug-likeness (QED) is 0.820. The minimum atomic E-state index is -3.40. The maximum atomic E-state index is 13.0. The summed E-state index contributed by atoms with van der Waals surface area (Å²) in [6, 6.07) is 5.04. The van der Waals surface area contributed by atoms with Gasteiger partial charge in [0.2, 0.25) is 0 Å². The zero-order valence-electron chi connectivity index (χ0n) is 8.21. The second kappa shape index (κ2) is 4.98. The molecule has 0 saturated carbocycles. The standard InChI is InChI=1S/C10H10F3NO2/c11-8-4-2-1-3-7(8)9(16)14-5-10(12,13)6-15/h1-4,15H,5-6H2,(H,14,16). The Hall–Kier alpha value is -1.56. The number of hydrogen-bond acceptors (Lipinski definition) is 2. The summed E-state index contributed by atoms with van der Waals surface area (Å²) in [4.78, 5) is 11.3. The molecule has 6 heteroatoms. The zero-order valence-corrected chi connectivity index (χ0v) is 8.21. The first-order valence-electron chi connectivity index (χ1n) is 4.48. The number of nitrogens with one attached hydrogen (secondary N) is 1. The molecule has 16 heavy (non-hydrogen) atoms. The van der Waals surface area contributed by atoms with Gasteiger partial charge in [-0.05, 0) is 12.1 Å². The molecule has 0 aromatic heterocycles. The number of aliphatic hydroxyl groups excluding tert-OH is 1. The van der Waals surface area contributed by atoms with E-state index in [1.165, 1.54) is 18.2 Å². The number of aliphatic hydroxyl groups is 1.